The Morgan fingerprint density at radius 2 is 2.33 bits per heavy atom. The number of hydrogen-bond donors (Lipinski definition) is 1. The Labute approximate surface area is 87.4 Å². The molecule has 5 heteroatoms. The van der Waals surface area contributed by atoms with E-state index in [2.05, 4.69) is 15.0 Å². The number of rotatable bonds is 5. The lowest BCUT2D eigenvalue weighted by atomic mass is 10.1. The predicted molar refractivity (Wildman–Crippen MR) is 54.7 cm³/mol. The number of aliphatic carboxylic acids is 1. The molecule has 0 atom stereocenters. The summed E-state index contributed by atoms with van der Waals surface area (Å²) in [5.74, 6) is -0.866. The van der Waals surface area contributed by atoms with Crippen LogP contribution in [0, 0.1) is 0 Å². The lowest BCUT2D eigenvalue weighted by Gasteiger charge is -2.02. The van der Waals surface area contributed by atoms with Gasteiger partial charge in [0.2, 0.25) is 0 Å². The first-order valence-corrected chi connectivity index (χ1v) is 4.47. The van der Waals surface area contributed by atoms with Crippen LogP contribution in [0.1, 0.15) is 18.5 Å². The van der Waals surface area contributed by atoms with Crippen molar-refractivity contribution < 1.29 is 14.7 Å². The molecule has 0 unspecified atom stereocenters. The summed E-state index contributed by atoms with van der Waals surface area (Å²) < 4.78 is 0. The Morgan fingerprint density at radius 1 is 1.53 bits per heavy atom. The molecular weight excluding hydrogens is 196 g/mol. The highest BCUT2D eigenvalue weighted by atomic mass is 16.6. The van der Waals surface area contributed by atoms with Gasteiger partial charge in [0.1, 0.15) is 12.8 Å². The van der Waals surface area contributed by atoms with Crippen LogP contribution in [0.4, 0.5) is 0 Å². The minimum Gasteiger partial charge on any atom is -0.481 e. The fraction of sp³-hybridized carbons (Fsp3) is 0.300. The third-order valence-corrected chi connectivity index (χ3v) is 1.74. The zero-order valence-electron chi connectivity index (χ0n) is 8.38. The number of carboxylic acids is 1. The van der Waals surface area contributed by atoms with Gasteiger partial charge < -0.3 is 9.94 Å². The lowest BCUT2D eigenvalue weighted by Crippen LogP contribution is -2.07. The van der Waals surface area contributed by atoms with E-state index in [-0.39, 0.29) is 6.42 Å². The van der Waals surface area contributed by atoms with Gasteiger partial charge in [0.15, 0.2) is 0 Å². The molecule has 1 heterocycles. The Morgan fingerprint density at radius 3 is 2.87 bits per heavy atom. The number of aromatic nitrogens is 1. The standard InChI is InChI=1S/C10H12N2O3/c1-15-12-9(5-6-10(13)14)8-4-2-3-7-11-8/h2-4,7H,5-6H2,1H3,(H,13,14). The highest BCUT2D eigenvalue weighted by Gasteiger charge is 2.08. The molecule has 0 aliphatic rings. The van der Waals surface area contributed by atoms with Crippen molar-refractivity contribution in [1.82, 2.24) is 4.98 Å². The topological polar surface area (TPSA) is 71.8 Å². The molecule has 1 N–H and O–H groups in total. The van der Waals surface area contributed by atoms with Gasteiger partial charge >= 0.3 is 5.97 Å². The molecule has 1 aromatic rings. The van der Waals surface area contributed by atoms with Gasteiger partial charge in [0.05, 0.1) is 12.1 Å². The normalized spacial score (nSPS) is 11.1. The maximum atomic E-state index is 10.4. The number of nitrogens with zero attached hydrogens (tertiary/aromatic N) is 2. The average molecular weight is 208 g/mol. The first-order chi connectivity index (χ1) is 7.24. The van der Waals surface area contributed by atoms with Crippen LogP contribution in [0.5, 0.6) is 0 Å². The molecule has 15 heavy (non-hydrogen) atoms. The van der Waals surface area contributed by atoms with Crippen molar-refractivity contribution in [1.29, 1.82) is 0 Å². The first kappa shape index (κ1) is 11.2. The number of carbonyl (C=O) groups is 1. The summed E-state index contributed by atoms with van der Waals surface area (Å²) in [5, 5.41) is 12.3. The molecule has 0 fully saturated rings. The third kappa shape index (κ3) is 3.76. The summed E-state index contributed by atoms with van der Waals surface area (Å²) in [5.41, 5.74) is 1.18. The fourth-order valence-corrected chi connectivity index (χ4v) is 1.09. The average Bonchev–Trinajstić information content (AvgIpc) is 2.25. The monoisotopic (exact) mass is 208 g/mol. The van der Waals surface area contributed by atoms with Gasteiger partial charge in [-0.05, 0) is 12.1 Å². The molecule has 0 saturated carbocycles. The van der Waals surface area contributed by atoms with Crippen LogP contribution >= 0.6 is 0 Å². The molecule has 1 rings (SSSR count). The molecule has 0 saturated heterocycles. The highest BCUT2D eigenvalue weighted by Crippen LogP contribution is 2.04. The van der Waals surface area contributed by atoms with Crippen molar-refractivity contribution in [3.63, 3.8) is 0 Å². The van der Waals surface area contributed by atoms with Crippen LogP contribution in [0.15, 0.2) is 29.6 Å². The summed E-state index contributed by atoms with van der Waals surface area (Å²) in [6, 6.07) is 5.36. The Kier molecular flexibility index (Phi) is 4.28. The van der Waals surface area contributed by atoms with E-state index in [0.29, 0.717) is 17.8 Å². The molecule has 5 nitrogen and oxygen atoms in total. The van der Waals surface area contributed by atoms with Gasteiger partial charge in [-0.2, -0.15) is 0 Å². The van der Waals surface area contributed by atoms with Crippen molar-refractivity contribution in [3.05, 3.63) is 30.1 Å². The largest absolute Gasteiger partial charge is 0.481 e. The predicted octanol–water partition coefficient (Wildman–Crippen LogP) is 1.30. The molecule has 0 amide bonds. The van der Waals surface area contributed by atoms with Gasteiger partial charge in [-0.1, -0.05) is 11.2 Å². The Hall–Kier alpha value is -1.91. The van der Waals surface area contributed by atoms with E-state index < -0.39 is 5.97 Å². The van der Waals surface area contributed by atoms with Crippen LogP contribution < -0.4 is 0 Å². The SMILES string of the molecule is CON=C(CCC(=O)O)c1ccccn1. The van der Waals surface area contributed by atoms with Crippen LogP contribution in [0.25, 0.3) is 0 Å². The van der Waals surface area contributed by atoms with E-state index in [4.69, 9.17) is 5.11 Å². The van der Waals surface area contributed by atoms with E-state index in [1.165, 1.54) is 7.11 Å². The van der Waals surface area contributed by atoms with E-state index in [1.54, 1.807) is 18.3 Å². The Bertz CT molecular complexity index is 349. The number of pyridine rings is 1. The van der Waals surface area contributed by atoms with Crippen molar-refractivity contribution in [2.75, 3.05) is 7.11 Å². The maximum Gasteiger partial charge on any atom is 0.303 e. The number of oxime groups is 1. The van der Waals surface area contributed by atoms with Crippen molar-refractivity contribution in [2.45, 2.75) is 12.8 Å². The molecule has 0 spiro atoms. The molecular formula is C10H12N2O3. The number of carboxylic acid groups (broad SMARTS) is 1. The minimum absolute atomic E-state index is 0.0127. The van der Waals surface area contributed by atoms with Crippen molar-refractivity contribution >= 4 is 11.7 Å². The van der Waals surface area contributed by atoms with E-state index in [9.17, 15) is 4.79 Å². The van der Waals surface area contributed by atoms with Crippen LogP contribution in [0.2, 0.25) is 0 Å². The first-order valence-electron chi connectivity index (χ1n) is 4.47. The molecule has 0 aliphatic carbocycles. The van der Waals surface area contributed by atoms with Crippen molar-refractivity contribution in [3.8, 4) is 0 Å². The van der Waals surface area contributed by atoms with E-state index >= 15 is 0 Å². The second-order valence-corrected chi connectivity index (χ2v) is 2.83. The zero-order chi connectivity index (χ0) is 11.1. The molecule has 1 aromatic heterocycles. The minimum atomic E-state index is -0.866. The maximum absolute atomic E-state index is 10.4. The molecule has 0 aliphatic heterocycles. The number of hydrogen-bond acceptors (Lipinski definition) is 4. The third-order valence-electron chi connectivity index (χ3n) is 1.74. The molecule has 80 valence electrons. The summed E-state index contributed by atoms with van der Waals surface area (Å²) in [7, 11) is 1.42. The van der Waals surface area contributed by atoms with Crippen LogP contribution in [-0.2, 0) is 9.63 Å². The fourth-order valence-electron chi connectivity index (χ4n) is 1.09. The van der Waals surface area contributed by atoms with E-state index in [1.807, 2.05) is 6.07 Å². The zero-order valence-corrected chi connectivity index (χ0v) is 8.38. The summed E-state index contributed by atoms with van der Waals surface area (Å²) in [6.45, 7) is 0. The highest BCUT2D eigenvalue weighted by molar-refractivity contribution is 5.99. The molecule has 0 bridgehead atoms. The molecule has 0 radical (unpaired) electrons. The Balaban J connectivity index is 2.75. The van der Waals surface area contributed by atoms with Gasteiger partial charge in [0.25, 0.3) is 0 Å². The van der Waals surface area contributed by atoms with E-state index in [0.717, 1.165) is 0 Å². The lowest BCUT2D eigenvalue weighted by molar-refractivity contribution is -0.136. The van der Waals surface area contributed by atoms with Gasteiger partial charge in [-0.3, -0.25) is 9.78 Å². The second kappa shape index (κ2) is 5.74. The van der Waals surface area contributed by atoms with Gasteiger partial charge in [-0.15, -0.1) is 0 Å². The van der Waals surface area contributed by atoms with Crippen LogP contribution in [-0.4, -0.2) is 28.9 Å². The summed E-state index contributed by atoms with van der Waals surface area (Å²) in [6.07, 6.45) is 1.94. The quantitative estimate of drug-likeness (QED) is 0.584. The molecule has 0 aromatic carbocycles. The second-order valence-electron chi connectivity index (χ2n) is 2.83. The smallest absolute Gasteiger partial charge is 0.303 e. The van der Waals surface area contributed by atoms with Crippen LogP contribution in [0.3, 0.4) is 0 Å². The van der Waals surface area contributed by atoms with Crippen molar-refractivity contribution in [2.24, 2.45) is 5.16 Å². The van der Waals surface area contributed by atoms with Gasteiger partial charge in [-0.25, -0.2) is 0 Å². The summed E-state index contributed by atoms with van der Waals surface area (Å²) in [4.78, 5) is 19.1. The van der Waals surface area contributed by atoms with Gasteiger partial charge in [0, 0.05) is 12.6 Å². The summed E-state index contributed by atoms with van der Waals surface area (Å²) >= 11 is 0.